The van der Waals surface area contributed by atoms with Crippen molar-refractivity contribution >= 4 is 22.6 Å². The summed E-state index contributed by atoms with van der Waals surface area (Å²) in [5.74, 6) is 0. The van der Waals surface area contributed by atoms with Gasteiger partial charge in [0.05, 0.1) is 56.3 Å². The monoisotopic (exact) mass is 1240 g/mol. The maximum Gasteiger partial charge on any atom is 0.187 e. The van der Waals surface area contributed by atoms with Crippen molar-refractivity contribution in [2.24, 2.45) is 0 Å². The third-order valence-corrected chi connectivity index (χ3v) is 16.1. The van der Waals surface area contributed by atoms with Crippen molar-refractivity contribution in [3.8, 4) is 0 Å². The Bertz CT molecular complexity index is 1470. The molecule has 21 fully saturated rings. The first-order chi connectivity index (χ1) is 36.7. The van der Waals surface area contributed by atoms with E-state index < -0.39 is 259 Å². The summed E-state index contributed by atoms with van der Waals surface area (Å²) in [7, 11) is 0. The van der Waals surface area contributed by atoms with E-state index in [4.69, 9.17) is 66.3 Å². The van der Waals surface area contributed by atoms with E-state index in [1.165, 1.54) is 0 Å². The van der Waals surface area contributed by atoms with Crippen LogP contribution < -0.4 is 0 Å². The van der Waals surface area contributed by atoms with Crippen molar-refractivity contribution in [2.45, 2.75) is 213 Å². The Kier molecular flexibility index (Phi) is 21.5. The van der Waals surface area contributed by atoms with Crippen LogP contribution in [0.1, 0.15) is 0 Å². The zero-order chi connectivity index (χ0) is 56.1. The van der Waals surface area contributed by atoms with Crippen molar-refractivity contribution in [3.63, 3.8) is 0 Å². The van der Waals surface area contributed by atoms with Crippen LogP contribution in [0.2, 0.25) is 0 Å². The molecule has 14 bridgehead atoms. The lowest BCUT2D eigenvalue weighted by molar-refractivity contribution is -0.396. The predicted molar refractivity (Wildman–Crippen MR) is 240 cm³/mol. The Labute approximate surface area is 448 Å². The SMILES string of the molecule is OC[C@H]1O[C@@H]2O[C@H]3[C@H](O)[C@@H](O)[C@@H](O[C@H]4[C@H](O)[C@@H](O)[C@@H](O[C@H]5[C@@H](O)[C@H](I)[C@@H](O[C@H]6[C@H](O)[C@@H](O)[C@@H](O[C@H]7[C@H](O)[C@@H](O)[C@@H](O[C@H]8[C@H](O)[C@@H](O)[C@@H](O[C@H]1[C@H](O)[C@H]2O)O[C@@H]8CO)O[C@@H]7CO)O[C@@H]6CO)O[C@@H]5CO)O[C@@H]4CO)O[C@@H]3CO. The molecule has 21 heterocycles. The summed E-state index contributed by atoms with van der Waals surface area (Å²) in [5.41, 5.74) is 0. The summed E-state index contributed by atoms with van der Waals surface area (Å²) in [5, 5.41) is 220. The summed E-state index contributed by atoms with van der Waals surface area (Å²) >= 11 is 1.65. The van der Waals surface area contributed by atoms with Crippen molar-refractivity contribution in [1.29, 1.82) is 0 Å². The number of aliphatic hydroxyl groups excluding tert-OH is 20. The van der Waals surface area contributed by atoms with Gasteiger partial charge < -0.3 is 168 Å². The van der Waals surface area contributed by atoms with Gasteiger partial charge in [0.2, 0.25) is 0 Å². The molecule has 0 aromatic carbocycles. The Morgan fingerprint density at radius 2 is 0.338 bits per heavy atom. The number of hydrogen-bond donors (Lipinski definition) is 20. The van der Waals surface area contributed by atoms with Gasteiger partial charge >= 0.3 is 0 Å². The van der Waals surface area contributed by atoms with Crippen LogP contribution in [-0.4, -0.2) is 361 Å². The average Bonchev–Trinajstić information content (AvgIpc) is 3.45. The highest BCUT2D eigenvalue weighted by atomic mass is 127. The molecule has 34 nitrogen and oxygen atoms in total. The molecule has 0 amide bonds. The minimum absolute atomic E-state index is 0.939. The van der Waals surface area contributed by atoms with Crippen LogP contribution in [0, 0.1) is 0 Å². The maximum atomic E-state index is 11.6. The fraction of sp³-hybridized carbons (Fsp3) is 1.00. The number of rotatable bonds is 7. The molecular formula is C42H69IO34. The molecule has 21 aliphatic heterocycles. The van der Waals surface area contributed by atoms with Gasteiger partial charge in [-0.25, -0.2) is 0 Å². The highest BCUT2D eigenvalue weighted by Crippen LogP contribution is 2.39. The van der Waals surface area contributed by atoms with Crippen LogP contribution in [0.25, 0.3) is 0 Å². The quantitative estimate of drug-likeness (QED) is 0.0831. The van der Waals surface area contributed by atoms with Gasteiger partial charge in [0.25, 0.3) is 0 Å². The first-order valence-corrected chi connectivity index (χ1v) is 25.8. The number of ether oxygens (including phenoxy) is 14. The molecule has 0 unspecified atom stereocenters. The molecular weight excluding hydrogens is 1180 g/mol. The molecule has 0 radical (unpaired) electrons. The topological polar surface area (TPSA) is 534 Å². The fourth-order valence-electron chi connectivity index (χ4n) is 10.4. The minimum atomic E-state index is -2.19. The molecule has 35 heteroatoms. The van der Waals surface area contributed by atoms with Crippen molar-refractivity contribution in [1.82, 2.24) is 0 Å². The second kappa shape index (κ2) is 26.5. The molecule has 0 aliphatic carbocycles. The zero-order valence-corrected chi connectivity index (χ0v) is 42.4. The van der Waals surface area contributed by atoms with Crippen LogP contribution in [0.4, 0.5) is 0 Å². The number of hydrogen-bond acceptors (Lipinski definition) is 34. The summed E-state index contributed by atoms with van der Waals surface area (Å²) in [6.45, 7) is -7.02. The average molecular weight is 1240 g/mol. The van der Waals surface area contributed by atoms with Crippen LogP contribution in [0.3, 0.4) is 0 Å². The molecule has 0 aromatic heterocycles. The van der Waals surface area contributed by atoms with E-state index in [9.17, 15) is 102 Å². The Morgan fingerprint density at radius 1 is 0.195 bits per heavy atom. The van der Waals surface area contributed by atoms with Crippen LogP contribution in [0.5, 0.6) is 0 Å². The van der Waals surface area contributed by atoms with E-state index in [0.717, 1.165) is 0 Å². The third kappa shape index (κ3) is 12.3. The van der Waals surface area contributed by atoms with E-state index in [1.807, 2.05) is 0 Å². The number of halogens is 1. The zero-order valence-electron chi connectivity index (χ0n) is 40.2. The van der Waals surface area contributed by atoms with Crippen LogP contribution >= 0.6 is 22.6 Å². The number of alkyl halides is 1. The Balaban J connectivity index is 1.08. The van der Waals surface area contributed by atoms with Gasteiger partial charge in [-0.15, -0.1) is 0 Å². The van der Waals surface area contributed by atoms with Gasteiger partial charge in [-0.2, -0.15) is 0 Å². The van der Waals surface area contributed by atoms with Gasteiger partial charge in [-0.1, -0.05) is 22.6 Å². The smallest absolute Gasteiger partial charge is 0.187 e. The first-order valence-electron chi connectivity index (χ1n) is 24.6. The molecule has 35 atom stereocenters. The molecule has 0 aromatic rings. The molecule has 0 spiro atoms. The molecule has 77 heavy (non-hydrogen) atoms. The van der Waals surface area contributed by atoms with E-state index >= 15 is 0 Å². The molecule has 0 saturated carbocycles. The fourth-order valence-corrected chi connectivity index (χ4v) is 11.1. The van der Waals surface area contributed by atoms with Gasteiger partial charge in [-0.05, 0) is 0 Å². The van der Waals surface area contributed by atoms with Crippen molar-refractivity contribution in [2.75, 3.05) is 46.2 Å². The normalized spacial score (nSPS) is 55.4. The molecule has 21 saturated heterocycles. The minimum Gasteiger partial charge on any atom is -0.394 e. The Hall–Kier alpha value is -0.630. The summed E-state index contributed by atoms with van der Waals surface area (Å²) in [4.78, 5) is 0. The number of aliphatic hydroxyl groups is 20. The Morgan fingerprint density at radius 3 is 0.506 bits per heavy atom. The molecule has 21 aliphatic rings. The van der Waals surface area contributed by atoms with E-state index in [0.29, 0.717) is 0 Å². The molecule has 448 valence electrons. The van der Waals surface area contributed by atoms with Crippen LogP contribution in [-0.2, 0) is 66.3 Å². The predicted octanol–water partition coefficient (Wildman–Crippen LogP) is -13.8. The standard InChI is InChI=1S/C42H69IO34/c43-15-16(51)29-8(1-44)64-36(15)71-30-9(2-45)65-38(23(58)17(30)52)73-32-11(4-47)67-40(25(60)19(32)54)75-34-13(6-49)69-42(27(62)21(34)56)77-35-14(7-50)70-41(28(63)22(35)57)76-33-12(5-48)68-39(26(61)20(33)55)74-31-10(3-46)66-37(72-29)24(59)18(31)53/h8-42,44-63H,1-7H2/t8-,9-,10-,11-,12-,13-,14-,15+,16+,17-,18-,19-,20-,21-,22-,23-,24-,25-,26-,27-,28-,29-,30-,31-,32-,33-,34-,35-,36-,37-,38-,39-,40-,41-,42-/m1/s1. The van der Waals surface area contributed by atoms with Crippen molar-refractivity contribution < 1.29 is 168 Å². The van der Waals surface area contributed by atoms with E-state index in [1.54, 1.807) is 22.6 Å². The highest BCUT2D eigenvalue weighted by molar-refractivity contribution is 14.1. The third-order valence-electron chi connectivity index (χ3n) is 14.7. The van der Waals surface area contributed by atoms with Gasteiger partial charge in [-0.3, -0.25) is 0 Å². The molecule has 20 N–H and O–H groups in total. The summed E-state index contributed by atoms with van der Waals surface area (Å²) in [6.07, 6.45) is -65.5. The highest BCUT2D eigenvalue weighted by Gasteiger charge is 2.59. The van der Waals surface area contributed by atoms with E-state index in [-0.39, 0.29) is 0 Å². The summed E-state index contributed by atoms with van der Waals surface area (Å²) < 4.78 is 79.2. The van der Waals surface area contributed by atoms with Gasteiger partial charge in [0.1, 0.15) is 159 Å². The van der Waals surface area contributed by atoms with Gasteiger partial charge in [0, 0.05) is 0 Å². The van der Waals surface area contributed by atoms with Crippen LogP contribution in [0.15, 0.2) is 0 Å². The lowest BCUT2D eigenvalue weighted by Gasteiger charge is -2.50. The maximum absolute atomic E-state index is 11.6. The van der Waals surface area contributed by atoms with Gasteiger partial charge in [0.15, 0.2) is 44.0 Å². The van der Waals surface area contributed by atoms with Crippen molar-refractivity contribution in [3.05, 3.63) is 0 Å². The molecule has 21 rings (SSSR count). The largest absolute Gasteiger partial charge is 0.394 e. The van der Waals surface area contributed by atoms with E-state index in [2.05, 4.69) is 0 Å². The first kappa shape index (κ1) is 62.4. The summed E-state index contributed by atoms with van der Waals surface area (Å²) in [6, 6.07) is 0. The lowest BCUT2D eigenvalue weighted by atomic mass is 9.95. The second-order valence-corrected chi connectivity index (χ2v) is 21.0. The lowest BCUT2D eigenvalue weighted by Crippen LogP contribution is -2.68. The second-order valence-electron chi connectivity index (χ2n) is 19.6.